The van der Waals surface area contributed by atoms with E-state index in [1.54, 1.807) is 19.2 Å². The molecule has 0 saturated heterocycles. The van der Waals surface area contributed by atoms with E-state index in [-0.39, 0.29) is 11.9 Å². The minimum Gasteiger partial charge on any atom is -0.383 e. The Hall–Kier alpha value is -0.450. The van der Waals surface area contributed by atoms with Gasteiger partial charge in [-0.25, -0.2) is 4.39 Å². The van der Waals surface area contributed by atoms with Gasteiger partial charge in [-0.3, -0.25) is 0 Å². The van der Waals surface area contributed by atoms with Crippen LogP contribution in [0.2, 0.25) is 0 Å². The van der Waals surface area contributed by atoms with Crippen molar-refractivity contribution in [2.45, 2.75) is 25.8 Å². The standard InChI is InChI=1S/C13H19BrFNO/c1-3-6-16-12(9-17-2)8-10-7-11(15)4-5-13(10)14/h4-5,7,12,16H,3,6,8-9H2,1-2H3. The maximum Gasteiger partial charge on any atom is 0.123 e. The smallest absolute Gasteiger partial charge is 0.123 e. The molecule has 4 heteroatoms. The summed E-state index contributed by atoms with van der Waals surface area (Å²) in [6, 6.07) is 4.99. The van der Waals surface area contributed by atoms with E-state index in [0.29, 0.717) is 6.61 Å². The Morgan fingerprint density at radius 3 is 2.88 bits per heavy atom. The summed E-state index contributed by atoms with van der Waals surface area (Å²) in [6.45, 7) is 3.69. The molecule has 0 heterocycles. The van der Waals surface area contributed by atoms with E-state index in [0.717, 1.165) is 29.4 Å². The van der Waals surface area contributed by atoms with Crippen molar-refractivity contribution in [2.75, 3.05) is 20.3 Å². The van der Waals surface area contributed by atoms with Gasteiger partial charge < -0.3 is 10.1 Å². The molecule has 0 aliphatic rings. The van der Waals surface area contributed by atoms with E-state index in [2.05, 4.69) is 28.2 Å². The van der Waals surface area contributed by atoms with E-state index in [1.807, 2.05) is 0 Å². The zero-order valence-electron chi connectivity index (χ0n) is 10.3. The normalized spacial score (nSPS) is 12.7. The van der Waals surface area contributed by atoms with Crippen LogP contribution in [0.25, 0.3) is 0 Å². The van der Waals surface area contributed by atoms with Crippen LogP contribution < -0.4 is 5.32 Å². The monoisotopic (exact) mass is 303 g/mol. The van der Waals surface area contributed by atoms with Crippen molar-refractivity contribution in [2.24, 2.45) is 0 Å². The zero-order chi connectivity index (χ0) is 12.7. The van der Waals surface area contributed by atoms with Crippen molar-refractivity contribution in [3.8, 4) is 0 Å². The Morgan fingerprint density at radius 1 is 1.47 bits per heavy atom. The summed E-state index contributed by atoms with van der Waals surface area (Å²) in [5, 5.41) is 3.40. The molecule has 0 radical (unpaired) electrons. The molecule has 1 aromatic carbocycles. The van der Waals surface area contributed by atoms with Crippen LogP contribution in [0.1, 0.15) is 18.9 Å². The first-order valence-electron chi connectivity index (χ1n) is 5.83. The summed E-state index contributed by atoms with van der Waals surface area (Å²) in [5.74, 6) is -0.199. The average molecular weight is 304 g/mol. The molecule has 0 bridgehead atoms. The van der Waals surface area contributed by atoms with Gasteiger partial charge in [-0.05, 0) is 43.1 Å². The van der Waals surface area contributed by atoms with Gasteiger partial charge in [-0.15, -0.1) is 0 Å². The summed E-state index contributed by atoms with van der Waals surface area (Å²) in [5.41, 5.74) is 0.968. The number of halogens is 2. The van der Waals surface area contributed by atoms with Crippen molar-refractivity contribution in [1.82, 2.24) is 5.32 Å². The Labute approximate surface area is 111 Å². The minimum absolute atomic E-state index is 0.199. The highest BCUT2D eigenvalue weighted by Gasteiger charge is 2.11. The second-order valence-corrected chi connectivity index (χ2v) is 4.90. The second kappa shape index (κ2) is 7.80. The van der Waals surface area contributed by atoms with Gasteiger partial charge in [0.15, 0.2) is 0 Å². The summed E-state index contributed by atoms with van der Waals surface area (Å²) >= 11 is 3.44. The molecule has 0 aromatic heterocycles. The first-order chi connectivity index (χ1) is 8.17. The van der Waals surface area contributed by atoms with Crippen molar-refractivity contribution >= 4 is 15.9 Å². The van der Waals surface area contributed by atoms with Gasteiger partial charge in [-0.2, -0.15) is 0 Å². The Balaban J connectivity index is 2.67. The molecule has 0 saturated carbocycles. The molecule has 1 unspecified atom stereocenters. The number of rotatable bonds is 7. The molecule has 2 nitrogen and oxygen atoms in total. The van der Waals surface area contributed by atoms with Crippen LogP contribution in [0.15, 0.2) is 22.7 Å². The lowest BCUT2D eigenvalue weighted by molar-refractivity contribution is 0.166. The molecule has 1 rings (SSSR count). The summed E-state index contributed by atoms with van der Waals surface area (Å²) in [7, 11) is 1.68. The molecular formula is C13H19BrFNO. The first-order valence-corrected chi connectivity index (χ1v) is 6.63. The molecule has 0 fully saturated rings. The maximum absolute atomic E-state index is 13.2. The van der Waals surface area contributed by atoms with Gasteiger partial charge in [0.25, 0.3) is 0 Å². The quantitative estimate of drug-likeness (QED) is 0.835. The van der Waals surface area contributed by atoms with E-state index in [9.17, 15) is 4.39 Å². The molecule has 0 spiro atoms. The zero-order valence-corrected chi connectivity index (χ0v) is 11.9. The Morgan fingerprint density at radius 2 is 2.24 bits per heavy atom. The topological polar surface area (TPSA) is 21.3 Å². The fourth-order valence-corrected chi connectivity index (χ4v) is 2.11. The van der Waals surface area contributed by atoms with Crippen LogP contribution in [0, 0.1) is 5.82 Å². The van der Waals surface area contributed by atoms with Gasteiger partial charge in [0, 0.05) is 17.6 Å². The number of ether oxygens (including phenoxy) is 1. The number of hydrogen-bond acceptors (Lipinski definition) is 2. The molecule has 0 amide bonds. The number of nitrogens with one attached hydrogen (secondary N) is 1. The lowest BCUT2D eigenvalue weighted by Gasteiger charge is -2.18. The summed E-state index contributed by atoms with van der Waals surface area (Å²) in [6.07, 6.45) is 1.83. The highest BCUT2D eigenvalue weighted by Crippen LogP contribution is 2.19. The fourth-order valence-electron chi connectivity index (χ4n) is 1.70. The molecule has 0 aliphatic carbocycles. The Bertz CT molecular complexity index is 346. The van der Waals surface area contributed by atoms with Crippen molar-refractivity contribution in [3.63, 3.8) is 0 Å². The van der Waals surface area contributed by atoms with Crippen LogP contribution in [-0.4, -0.2) is 26.3 Å². The highest BCUT2D eigenvalue weighted by molar-refractivity contribution is 9.10. The number of methoxy groups -OCH3 is 1. The lowest BCUT2D eigenvalue weighted by Crippen LogP contribution is -2.35. The van der Waals surface area contributed by atoms with E-state index in [1.165, 1.54) is 6.07 Å². The number of benzene rings is 1. The molecular weight excluding hydrogens is 285 g/mol. The van der Waals surface area contributed by atoms with Gasteiger partial charge >= 0.3 is 0 Å². The van der Waals surface area contributed by atoms with Gasteiger partial charge in [0.05, 0.1) is 6.61 Å². The van der Waals surface area contributed by atoms with E-state index < -0.39 is 0 Å². The van der Waals surface area contributed by atoms with Crippen LogP contribution in [0.5, 0.6) is 0 Å². The largest absolute Gasteiger partial charge is 0.383 e. The molecule has 1 aromatic rings. The van der Waals surface area contributed by atoms with Crippen LogP contribution >= 0.6 is 15.9 Å². The molecule has 0 aliphatic heterocycles. The van der Waals surface area contributed by atoms with Crippen molar-refractivity contribution < 1.29 is 9.13 Å². The van der Waals surface area contributed by atoms with E-state index >= 15 is 0 Å². The summed E-state index contributed by atoms with van der Waals surface area (Å²) in [4.78, 5) is 0. The first kappa shape index (κ1) is 14.6. The second-order valence-electron chi connectivity index (χ2n) is 4.05. The minimum atomic E-state index is -0.199. The molecule has 1 N–H and O–H groups in total. The predicted octanol–water partition coefficient (Wildman–Crippen LogP) is 3.15. The third kappa shape index (κ3) is 5.15. The number of hydrogen-bond donors (Lipinski definition) is 1. The predicted molar refractivity (Wildman–Crippen MR) is 71.8 cm³/mol. The third-order valence-corrected chi connectivity index (χ3v) is 3.30. The van der Waals surface area contributed by atoms with Gasteiger partial charge in [0.1, 0.15) is 5.82 Å². The van der Waals surface area contributed by atoms with Crippen molar-refractivity contribution in [1.29, 1.82) is 0 Å². The van der Waals surface area contributed by atoms with Crippen LogP contribution in [-0.2, 0) is 11.2 Å². The van der Waals surface area contributed by atoms with Crippen LogP contribution in [0.3, 0.4) is 0 Å². The van der Waals surface area contributed by atoms with E-state index in [4.69, 9.17) is 4.74 Å². The highest BCUT2D eigenvalue weighted by atomic mass is 79.9. The van der Waals surface area contributed by atoms with Gasteiger partial charge in [0.2, 0.25) is 0 Å². The fraction of sp³-hybridized carbons (Fsp3) is 0.538. The molecule has 17 heavy (non-hydrogen) atoms. The molecule has 1 atom stereocenters. The lowest BCUT2D eigenvalue weighted by atomic mass is 10.1. The summed E-state index contributed by atoms with van der Waals surface area (Å²) < 4.78 is 19.3. The molecule has 96 valence electrons. The van der Waals surface area contributed by atoms with Crippen LogP contribution in [0.4, 0.5) is 4.39 Å². The maximum atomic E-state index is 13.2. The Kier molecular flexibility index (Phi) is 6.70. The van der Waals surface area contributed by atoms with Crippen molar-refractivity contribution in [3.05, 3.63) is 34.1 Å². The van der Waals surface area contributed by atoms with Gasteiger partial charge in [-0.1, -0.05) is 22.9 Å². The average Bonchev–Trinajstić information content (AvgIpc) is 2.31. The third-order valence-electron chi connectivity index (χ3n) is 2.52. The SMILES string of the molecule is CCCNC(COC)Cc1cc(F)ccc1Br.